The van der Waals surface area contributed by atoms with Gasteiger partial charge in [-0.25, -0.2) is 8.42 Å². The molecule has 0 radical (unpaired) electrons. The SMILES string of the molecule is O=S(=O)(CCCCNC1CC1)Nc1c(Br)cc(Br)cc1Br. The fraction of sp³-hybridized carbons (Fsp3) is 0.538. The second-order valence-electron chi connectivity index (χ2n) is 5.10. The molecule has 0 heterocycles. The van der Waals surface area contributed by atoms with Crippen LogP contribution in [0.5, 0.6) is 0 Å². The molecule has 0 aromatic heterocycles. The molecule has 2 N–H and O–H groups in total. The van der Waals surface area contributed by atoms with Crippen LogP contribution in [-0.2, 0) is 10.0 Å². The van der Waals surface area contributed by atoms with Crippen LogP contribution in [0.15, 0.2) is 25.6 Å². The van der Waals surface area contributed by atoms with Crippen LogP contribution in [-0.4, -0.2) is 26.8 Å². The van der Waals surface area contributed by atoms with Crippen LogP contribution in [0.1, 0.15) is 25.7 Å². The summed E-state index contributed by atoms with van der Waals surface area (Å²) in [5.74, 6) is 0.133. The number of sulfonamides is 1. The molecule has 8 heteroatoms. The molecule has 1 fully saturated rings. The minimum Gasteiger partial charge on any atom is -0.314 e. The Hall–Kier alpha value is 0.370. The molecule has 1 aromatic rings. The lowest BCUT2D eigenvalue weighted by Gasteiger charge is -2.12. The van der Waals surface area contributed by atoms with Crippen molar-refractivity contribution >= 4 is 63.5 Å². The quantitative estimate of drug-likeness (QED) is 0.520. The Morgan fingerprint density at radius 1 is 1.10 bits per heavy atom. The molecule has 0 aliphatic heterocycles. The summed E-state index contributed by atoms with van der Waals surface area (Å²) in [5, 5.41) is 3.38. The van der Waals surface area contributed by atoms with Crippen molar-refractivity contribution in [3.63, 3.8) is 0 Å². The van der Waals surface area contributed by atoms with Crippen LogP contribution < -0.4 is 10.0 Å². The van der Waals surface area contributed by atoms with Crippen LogP contribution in [0.4, 0.5) is 5.69 Å². The van der Waals surface area contributed by atoms with E-state index in [9.17, 15) is 8.42 Å². The highest BCUT2D eigenvalue weighted by atomic mass is 79.9. The van der Waals surface area contributed by atoms with Gasteiger partial charge < -0.3 is 5.32 Å². The lowest BCUT2D eigenvalue weighted by Crippen LogP contribution is -2.20. The summed E-state index contributed by atoms with van der Waals surface area (Å²) in [5.41, 5.74) is 0.536. The van der Waals surface area contributed by atoms with Crippen LogP contribution in [0.3, 0.4) is 0 Å². The van der Waals surface area contributed by atoms with E-state index in [-0.39, 0.29) is 5.75 Å². The van der Waals surface area contributed by atoms with E-state index in [1.807, 2.05) is 12.1 Å². The van der Waals surface area contributed by atoms with Crippen LogP contribution in [0.2, 0.25) is 0 Å². The maximum absolute atomic E-state index is 12.1. The molecule has 1 aliphatic carbocycles. The molecule has 0 amide bonds. The first-order valence-corrected chi connectivity index (χ1v) is 10.8. The number of unbranched alkanes of at least 4 members (excludes halogenated alkanes) is 1. The van der Waals surface area contributed by atoms with E-state index in [4.69, 9.17) is 0 Å². The third-order valence-corrected chi connectivity index (χ3v) is 6.16. The summed E-state index contributed by atoms with van der Waals surface area (Å²) in [6, 6.07) is 4.29. The molecule has 2 rings (SSSR count). The van der Waals surface area contributed by atoms with E-state index in [0.29, 0.717) is 27.1 Å². The number of halogens is 3. The van der Waals surface area contributed by atoms with Crippen LogP contribution in [0.25, 0.3) is 0 Å². The van der Waals surface area contributed by atoms with Crippen LogP contribution in [0, 0.1) is 0 Å². The van der Waals surface area contributed by atoms with Gasteiger partial charge in [0.2, 0.25) is 10.0 Å². The van der Waals surface area contributed by atoms with Crippen molar-refractivity contribution in [2.24, 2.45) is 0 Å². The van der Waals surface area contributed by atoms with Gasteiger partial charge in [0, 0.05) is 19.5 Å². The Labute approximate surface area is 150 Å². The Kier molecular flexibility index (Phi) is 6.55. The highest BCUT2D eigenvalue weighted by Crippen LogP contribution is 2.35. The fourth-order valence-electron chi connectivity index (χ4n) is 1.86. The van der Waals surface area contributed by atoms with E-state index < -0.39 is 10.0 Å². The predicted octanol–water partition coefficient (Wildman–Crippen LogP) is 4.25. The summed E-state index contributed by atoms with van der Waals surface area (Å²) < 4.78 is 29.1. The van der Waals surface area contributed by atoms with Crippen molar-refractivity contribution < 1.29 is 8.42 Å². The number of hydrogen-bond acceptors (Lipinski definition) is 3. The fourth-order valence-corrected chi connectivity index (χ4v) is 5.79. The van der Waals surface area contributed by atoms with Gasteiger partial charge in [0.1, 0.15) is 0 Å². The van der Waals surface area contributed by atoms with Gasteiger partial charge in [-0.15, -0.1) is 0 Å². The van der Waals surface area contributed by atoms with Crippen molar-refractivity contribution in [2.75, 3.05) is 17.0 Å². The maximum Gasteiger partial charge on any atom is 0.232 e. The van der Waals surface area contributed by atoms with Gasteiger partial charge in [-0.1, -0.05) is 15.9 Å². The molecule has 1 saturated carbocycles. The second-order valence-corrected chi connectivity index (χ2v) is 9.57. The average Bonchev–Trinajstić information content (AvgIpc) is 3.17. The lowest BCUT2D eigenvalue weighted by molar-refractivity contribution is 0.591. The highest BCUT2D eigenvalue weighted by molar-refractivity contribution is 9.11. The number of anilines is 1. The maximum atomic E-state index is 12.1. The molecule has 0 bridgehead atoms. The van der Waals surface area contributed by atoms with E-state index in [1.165, 1.54) is 12.8 Å². The summed E-state index contributed by atoms with van der Waals surface area (Å²) in [4.78, 5) is 0. The molecule has 0 atom stereocenters. The standard InChI is InChI=1S/C13H17Br3N2O2S/c14-9-7-11(15)13(12(16)8-9)18-21(19,20)6-2-1-5-17-10-3-4-10/h7-8,10,17-18H,1-6H2. The van der Waals surface area contributed by atoms with E-state index in [1.54, 1.807) is 0 Å². The van der Waals surface area contributed by atoms with Gasteiger partial charge in [-0.2, -0.15) is 0 Å². The normalized spacial score (nSPS) is 15.2. The van der Waals surface area contributed by atoms with Gasteiger partial charge in [0.25, 0.3) is 0 Å². The second kappa shape index (κ2) is 7.77. The van der Waals surface area contributed by atoms with Gasteiger partial charge in [-0.3, -0.25) is 4.72 Å². The van der Waals surface area contributed by atoms with Crippen molar-refractivity contribution in [1.29, 1.82) is 0 Å². The average molecular weight is 505 g/mol. The molecule has 1 aliphatic rings. The zero-order valence-electron chi connectivity index (χ0n) is 11.3. The zero-order valence-corrected chi connectivity index (χ0v) is 16.9. The van der Waals surface area contributed by atoms with Crippen molar-refractivity contribution in [2.45, 2.75) is 31.7 Å². The minimum atomic E-state index is -3.33. The van der Waals surface area contributed by atoms with Gasteiger partial charge in [0.05, 0.1) is 11.4 Å². The molecule has 0 saturated heterocycles. The van der Waals surface area contributed by atoms with Gasteiger partial charge in [-0.05, 0) is 76.2 Å². The van der Waals surface area contributed by atoms with Crippen molar-refractivity contribution in [1.82, 2.24) is 5.32 Å². The first kappa shape index (κ1) is 17.7. The van der Waals surface area contributed by atoms with E-state index in [2.05, 4.69) is 57.8 Å². The number of nitrogens with one attached hydrogen (secondary N) is 2. The van der Waals surface area contributed by atoms with Crippen molar-refractivity contribution in [3.8, 4) is 0 Å². The van der Waals surface area contributed by atoms with E-state index in [0.717, 1.165) is 17.4 Å². The molecule has 4 nitrogen and oxygen atoms in total. The summed E-state index contributed by atoms with van der Waals surface area (Å²) in [6.07, 6.45) is 4.04. The van der Waals surface area contributed by atoms with Crippen molar-refractivity contribution in [3.05, 3.63) is 25.6 Å². The van der Waals surface area contributed by atoms with E-state index >= 15 is 0 Å². The Morgan fingerprint density at radius 2 is 1.71 bits per heavy atom. The molecule has 118 valence electrons. The molecule has 0 unspecified atom stereocenters. The molecule has 0 spiro atoms. The Morgan fingerprint density at radius 3 is 2.29 bits per heavy atom. The lowest BCUT2D eigenvalue weighted by atomic mass is 10.3. The third-order valence-electron chi connectivity index (χ3n) is 3.11. The number of hydrogen-bond donors (Lipinski definition) is 2. The smallest absolute Gasteiger partial charge is 0.232 e. The molecular weight excluding hydrogens is 488 g/mol. The summed E-state index contributed by atoms with van der Waals surface area (Å²) in [7, 11) is -3.33. The highest BCUT2D eigenvalue weighted by Gasteiger charge is 2.20. The zero-order chi connectivity index (χ0) is 15.5. The largest absolute Gasteiger partial charge is 0.314 e. The number of rotatable bonds is 8. The Bertz CT molecular complexity index is 580. The first-order valence-electron chi connectivity index (χ1n) is 6.76. The van der Waals surface area contributed by atoms with Gasteiger partial charge in [0.15, 0.2) is 0 Å². The molecular formula is C13H17Br3N2O2S. The predicted molar refractivity (Wildman–Crippen MR) is 97.2 cm³/mol. The molecule has 21 heavy (non-hydrogen) atoms. The van der Waals surface area contributed by atoms with Gasteiger partial charge >= 0.3 is 0 Å². The number of benzene rings is 1. The summed E-state index contributed by atoms with van der Waals surface area (Å²) in [6.45, 7) is 0.895. The third kappa shape index (κ3) is 6.17. The van der Waals surface area contributed by atoms with Crippen LogP contribution >= 0.6 is 47.8 Å². The molecule has 1 aromatic carbocycles. The topological polar surface area (TPSA) is 58.2 Å². The Balaban J connectivity index is 1.85. The summed E-state index contributed by atoms with van der Waals surface area (Å²) >= 11 is 10.1. The minimum absolute atomic E-state index is 0.133. The first-order chi connectivity index (χ1) is 9.87. The monoisotopic (exact) mass is 502 g/mol.